The van der Waals surface area contributed by atoms with Gasteiger partial charge in [0.2, 0.25) is 0 Å². The van der Waals surface area contributed by atoms with Gasteiger partial charge in [-0.15, -0.1) is 0 Å². The van der Waals surface area contributed by atoms with Crippen molar-refractivity contribution in [2.24, 2.45) is 4.99 Å². The Morgan fingerprint density at radius 2 is 1.93 bits per heavy atom. The molecule has 0 spiro atoms. The number of aliphatic imine (C=N–C) groups is 1. The average Bonchev–Trinajstić information content (AvgIpc) is 2.16. The summed E-state index contributed by atoms with van der Waals surface area (Å²) >= 11 is 0. The Morgan fingerprint density at radius 3 is 2.33 bits per heavy atom. The van der Waals surface area contributed by atoms with Crippen LogP contribution in [0.25, 0.3) is 0 Å². The number of carbonyl (C=O) groups is 1. The van der Waals surface area contributed by atoms with E-state index in [4.69, 9.17) is 0 Å². The fourth-order valence-corrected chi connectivity index (χ4v) is 1.03. The van der Waals surface area contributed by atoms with Gasteiger partial charge in [-0.2, -0.15) is 0 Å². The van der Waals surface area contributed by atoms with E-state index >= 15 is 0 Å². The Labute approximate surface area is 91.4 Å². The average molecular weight is 203 g/mol. The molecule has 0 atom stereocenters. The molecule has 0 aliphatic rings. The molecule has 0 aromatic heterocycles. The maximum Gasteiger partial charge on any atom is 0.187 e. The van der Waals surface area contributed by atoms with Crippen LogP contribution in [0.4, 0.5) is 0 Å². The van der Waals surface area contributed by atoms with Crippen molar-refractivity contribution in [3.63, 3.8) is 0 Å². The molecule has 0 radical (unpaired) electrons. The fourth-order valence-electron chi connectivity index (χ4n) is 1.03. The molecule has 15 heavy (non-hydrogen) atoms. The third-order valence-corrected chi connectivity index (χ3v) is 1.65. The standard InChI is InChI=1S/C13H17NO/c1-6-8-9-12(13(15)7-2)11(5)14-10(3)4/h6-9H,2-3H2,1,4-5H3/b8-6+,12-9+,14-11?. The van der Waals surface area contributed by atoms with Crippen LogP contribution in [0.3, 0.4) is 0 Å². The molecule has 0 saturated carbocycles. The zero-order valence-electron chi connectivity index (χ0n) is 9.58. The number of hydrogen-bond donors (Lipinski definition) is 0. The summed E-state index contributed by atoms with van der Waals surface area (Å²) in [6, 6.07) is 0. The van der Waals surface area contributed by atoms with Crippen LogP contribution in [-0.4, -0.2) is 11.5 Å². The van der Waals surface area contributed by atoms with Gasteiger partial charge in [0.15, 0.2) is 5.78 Å². The second-order valence-corrected chi connectivity index (χ2v) is 3.11. The van der Waals surface area contributed by atoms with Gasteiger partial charge in [0, 0.05) is 17.0 Å². The summed E-state index contributed by atoms with van der Waals surface area (Å²) in [6.07, 6.45) is 6.66. The number of ketones is 1. The Kier molecular flexibility index (Phi) is 5.95. The molecule has 0 aromatic carbocycles. The first-order valence-corrected chi connectivity index (χ1v) is 4.73. The predicted molar refractivity (Wildman–Crippen MR) is 66.0 cm³/mol. The molecule has 2 nitrogen and oxygen atoms in total. The number of rotatable bonds is 5. The molecule has 0 N–H and O–H groups in total. The van der Waals surface area contributed by atoms with Gasteiger partial charge in [-0.05, 0) is 32.9 Å². The van der Waals surface area contributed by atoms with Crippen LogP contribution < -0.4 is 0 Å². The van der Waals surface area contributed by atoms with Crippen LogP contribution in [0.5, 0.6) is 0 Å². The first kappa shape index (κ1) is 13.3. The zero-order valence-corrected chi connectivity index (χ0v) is 9.58. The largest absolute Gasteiger partial charge is 0.289 e. The van der Waals surface area contributed by atoms with Crippen LogP contribution in [0.2, 0.25) is 0 Å². The maximum atomic E-state index is 11.5. The molecule has 0 rings (SSSR count). The molecule has 0 saturated heterocycles. The van der Waals surface area contributed by atoms with Crippen molar-refractivity contribution in [3.05, 3.63) is 48.7 Å². The molecule has 80 valence electrons. The smallest absolute Gasteiger partial charge is 0.187 e. The van der Waals surface area contributed by atoms with E-state index in [2.05, 4.69) is 18.2 Å². The van der Waals surface area contributed by atoms with Gasteiger partial charge in [0.25, 0.3) is 0 Å². The van der Waals surface area contributed by atoms with Crippen LogP contribution in [0.15, 0.2) is 53.7 Å². The molecule has 0 aliphatic carbocycles. The van der Waals surface area contributed by atoms with Gasteiger partial charge in [0.05, 0.1) is 0 Å². The van der Waals surface area contributed by atoms with E-state index in [1.165, 1.54) is 6.08 Å². The molecular weight excluding hydrogens is 186 g/mol. The van der Waals surface area contributed by atoms with Gasteiger partial charge in [-0.3, -0.25) is 9.79 Å². The number of carbonyl (C=O) groups excluding carboxylic acids is 1. The van der Waals surface area contributed by atoms with Gasteiger partial charge in [-0.25, -0.2) is 0 Å². The summed E-state index contributed by atoms with van der Waals surface area (Å²) in [7, 11) is 0. The van der Waals surface area contributed by atoms with Gasteiger partial charge < -0.3 is 0 Å². The van der Waals surface area contributed by atoms with Gasteiger partial charge in [0.1, 0.15) is 0 Å². The van der Waals surface area contributed by atoms with Crippen molar-refractivity contribution in [1.82, 2.24) is 0 Å². The topological polar surface area (TPSA) is 29.4 Å². The van der Waals surface area contributed by atoms with Gasteiger partial charge in [-0.1, -0.05) is 25.3 Å². The highest BCUT2D eigenvalue weighted by molar-refractivity contribution is 6.25. The lowest BCUT2D eigenvalue weighted by Crippen LogP contribution is -2.07. The zero-order chi connectivity index (χ0) is 11.8. The Hall–Kier alpha value is -1.70. The second-order valence-electron chi connectivity index (χ2n) is 3.11. The quantitative estimate of drug-likeness (QED) is 0.383. The van der Waals surface area contributed by atoms with Crippen molar-refractivity contribution in [1.29, 1.82) is 0 Å². The summed E-state index contributed by atoms with van der Waals surface area (Å²) in [6.45, 7) is 12.6. The minimum Gasteiger partial charge on any atom is -0.289 e. The molecule has 2 heteroatoms. The fraction of sp³-hybridized carbons (Fsp3) is 0.231. The van der Waals surface area contributed by atoms with Gasteiger partial charge >= 0.3 is 0 Å². The van der Waals surface area contributed by atoms with E-state index in [-0.39, 0.29) is 5.78 Å². The molecule has 0 amide bonds. The van der Waals surface area contributed by atoms with E-state index in [9.17, 15) is 4.79 Å². The van der Waals surface area contributed by atoms with Crippen LogP contribution in [-0.2, 0) is 4.79 Å². The summed E-state index contributed by atoms with van der Waals surface area (Å²) in [5.74, 6) is -0.129. The van der Waals surface area contributed by atoms with E-state index in [1.807, 2.05) is 13.0 Å². The summed E-state index contributed by atoms with van der Waals surface area (Å²) in [5.41, 5.74) is 1.88. The van der Waals surface area contributed by atoms with Crippen molar-refractivity contribution in [2.45, 2.75) is 20.8 Å². The SMILES string of the molecule is C=CC(=O)/C(=C/C=C/C)C(C)=NC(=C)C. The second kappa shape index (κ2) is 6.71. The van der Waals surface area contributed by atoms with E-state index in [1.54, 1.807) is 26.0 Å². The van der Waals surface area contributed by atoms with E-state index in [0.717, 1.165) is 0 Å². The summed E-state index contributed by atoms with van der Waals surface area (Å²) < 4.78 is 0. The first-order valence-electron chi connectivity index (χ1n) is 4.73. The molecule has 0 aliphatic heterocycles. The van der Waals surface area contributed by atoms with Crippen molar-refractivity contribution >= 4 is 11.5 Å². The lowest BCUT2D eigenvalue weighted by molar-refractivity contribution is -0.110. The van der Waals surface area contributed by atoms with E-state index < -0.39 is 0 Å². The van der Waals surface area contributed by atoms with Crippen molar-refractivity contribution in [3.8, 4) is 0 Å². The minimum absolute atomic E-state index is 0.129. The van der Waals surface area contributed by atoms with Crippen LogP contribution >= 0.6 is 0 Å². The molecule has 0 fully saturated rings. The summed E-state index contributed by atoms with van der Waals surface area (Å²) in [5, 5.41) is 0. The number of allylic oxidation sites excluding steroid dienone is 6. The third kappa shape index (κ3) is 4.91. The van der Waals surface area contributed by atoms with Crippen LogP contribution in [0, 0.1) is 0 Å². The maximum absolute atomic E-state index is 11.5. The Bertz CT molecular complexity index is 357. The molecule has 0 bridgehead atoms. The Balaban J connectivity index is 5.20. The monoisotopic (exact) mass is 203 g/mol. The normalized spacial score (nSPS) is 13.0. The highest BCUT2D eigenvalue weighted by atomic mass is 16.1. The van der Waals surface area contributed by atoms with Crippen molar-refractivity contribution < 1.29 is 4.79 Å². The first-order chi connectivity index (χ1) is 7.02. The highest BCUT2D eigenvalue weighted by Gasteiger charge is 2.07. The van der Waals surface area contributed by atoms with Crippen LogP contribution in [0.1, 0.15) is 20.8 Å². The highest BCUT2D eigenvalue weighted by Crippen LogP contribution is 2.05. The lowest BCUT2D eigenvalue weighted by atomic mass is 10.1. The lowest BCUT2D eigenvalue weighted by Gasteiger charge is -2.02. The summed E-state index contributed by atoms with van der Waals surface area (Å²) in [4.78, 5) is 15.7. The molecular formula is C13H17NO. The molecule has 0 unspecified atom stereocenters. The minimum atomic E-state index is -0.129. The molecule has 0 aromatic rings. The number of hydrogen-bond acceptors (Lipinski definition) is 2. The van der Waals surface area contributed by atoms with Crippen molar-refractivity contribution in [2.75, 3.05) is 0 Å². The molecule has 0 heterocycles. The third-order valence-electron chi connectivity index (χ3n) is 1.65. The predicted octanol–water partition coefficient (Wildman–Crippen LogP) is 3.24. The van der Waals surface area contributed by atoms with E-state index in [0.29, 0.717) is 17.0 Å². The Morgan fingerprint density at radius 1 is 1.33 bits per heavy atom. The number of nitrogens with zero attached hydrogens (tertiary/aromatic N) is 1.